The third-order valence-electron chi connectivity index (χ3n) is 5.07. The zero-order valence-electron chi connectivity index (χ0n) is 16.8. The zero-order valence-corrected chi connectivity index (χ0v) is 16.8. The van der Waals surface area contributed by atoms with Crippen LogP contribution in [0.15, 0.2) is 35.1 Å². The third kappa shape index (κ3) is 3.82. The molecule has 1 saturated heterocycles. The van der Waals surface area contributed by atoms with E-state index in [1.807, 2.05) is 34.9 Å². The standard InChI is InChI=1S/C21H25N7O/c1-3-4-12-28-17-18(25-21(28)27-13-10-22-11-14-27)24-20(26(2)19(17)29)23-15-16-8-6-5-7-9-16/h5-9,22H,10-15H2,1-2H3,(H,23,24). The average Bonchev–Trinajstić information content (AvgIpc) is 3.13. The lowest BCUT2D eigenvalue weighted by molar-refractivity contribution is 0.573. The first kappa shape index (κ1) is 19.0. The first-order valence-corrected chi connectivity index (χ1v) is 9.79. The van der Waals surface area contributed by atoms with Gasteiger partial charge in [-0.15, -0.1) is 5.92 Å². The first-order chi connectivity index (χ1) is 14.2. The predicted octanol–water partition coefficient (Wildman–Crippen LogP) is 1.17. The van der Waals surface area contributed by atoms with E-state index in [1.165, 1.54) is 0 Å². The number of nitrogens with zero attached hydrogens (tertiary/aromatic N) is 5. The van der Waals surface area contributed by atoms with E-state index in [0.29, 0.717) is 30.2 Å². The van der Waals surface area contributed by atoms with Crippen molar-refractivity contribution in [2.24, 2.45) is 7.05 Å². The van der Waals surface area contributed by atoms with Gasteiger partial charge in [0.15, 0.2) is 11.2 Å². The molecule has 0 spiro atoms. The molecule has 8 nitrogen and oxygen atoms in total. The Morgan fingerprint density at radius 1 is 1.17 bits per heavy atom. The first-order valence-electron chi connectivity index (χ1n) is 9.79. The molecule has 0 bridgehead atoms. The average molecular weight is 391 g/mol. The summed E-state index contributed by atoms with van der Waals surface area (Å²) in [5.74, 6) is 7.25. The van der Waals surface area contributed by atoms with Crippen molar-refractivity contribution in [2.45, 2.75) is 20.0 Å². The van der Waals surface area contributed by atoms with E-state index < -0.39 is 0 Å². The van der Waals surface area contributed by atoms with Gasteiger partial charge in [-0.05, 0) is 12.5 Å². The summed E-state index contributed by atoms with van der Waals surface area (Å²) in [6.45, 7) is 6.24. The monoisotopic (exact) mass is 391 g/mol. The van der Waals surface area contributed by atoms with Crippen LogP contribution in [-0.2, 0) is 20.1 Å². The summed E-state index contributed by atoms with van der Waals surface area (Å²) in [6, 6.07) is 10.0. The van der Waals surface area contributed by atoms with Crippen molar-refractivity contribution in [3.63, 3.8) is 0 Å². The Balaban J connectivity index is 1.76. The molecule has 4 rings (SSSR count). The van der Waals surface area contributed by atoms with Gasteiger partial charge in [0.05, 0.1) is 6.54 Å². The van der Waals surface area contributed by atoms with Gasteiger partial charge in [0.2, 0.25) is 11.9 Å². The second-order valence-corrected chi connectivity index (χ2v) is 6.97. The summed E-state index contributed by atoms with van der Waals surface area (Å²) in [5, 5.41) is 6.61. The molecule has 8 heteroatoms. The zero-order chi connectivity index (χ0) is 20.2. The molecular formula is C21H25N7O. The second kappa shape index (κ2) is 8.37. The van der Waals surface area contributed by atoms with Crippen LogP contribution in [0.1, 0.15) is 12.5 Å². The van der Waals surface area contributed by atoms with Gasteiger partial charge >= 0.3 is 0 Å². The lowest BCUT2D eigenvalue weighted by Gasteiger charge is -2.28. The highest BCUT2D eigenvalue weighted by Crippen LogP contribution is 2.21. The van der Waals surface area contributed by atoms with Crippen LogP contribution in [0.3, 0.4) is 0 Å². The van der Waals surface area contributed by atoms with E-state index >= 15 is 0 Å². The van der Waals surface area contributed by atoms with Crippen LogP contribution in [0.5, 0.6) is 0 Å². The van der Waals surface area contributed by atoms with Gasteiger partial charge in [-0.25, -0.2) is 0 Å². The maximum atomic E-state index is 13.2. The van der Waals surface area contributed by atoms with Crippen LogP contribution >= 0.6 is 0 Å². The summed E-state index contributed by atoms with van der Waals surface area (Å²) in [6.07, 6.45) is 0. The van der Waals surface area contributed by atoms with E-state index in [2.05, 4.69) is 32.4 Å². The minimum absolute atomic E-state index is 0.127. The van der Waals surface area contributed by atoms with Crippen LogP contribution in [0.2, 0.25) is 0 Å². The molecule has 0 unspecified atom stereocenters. The number of fused-ring (bicyclic) bond motifs is 1. The smallest absolute Gasteiger partial charge is 0.281 e. The van der Waals surface area contributed by atoms with Crippen molar-refractivity contribution in [3.05, 3.63) is 46.2 Å². The van der Waals surface area contributed by atoms with Crippen LogP contribution in [0.4, 0.5) is 11.9 Å². The molecule has 0 radical (unpaired) electrons. The second-order valence-electron chi connectivity index (χ2n) is 6.97. The van der Waals surface area contributed by atoms with Gasteiger partial charge in [0, 0.05) is 39.8 Å². The van der Waals surface area contributed by atoms with Crippen molar-refractivity contribution in [2.75, 3.05) is 36.4 Å². The molecule has 0 amide bonds. The summed E-state index contributed by atoms with van der Waals surface area (Å²) in [4.78, 5) is 24.8. The fraction of sp³-hybridized carbons (Fsp3) is 0.381. The highest BCUT2D eigenvalue weighted by molar-refractivity contribution is 5.75. The summed E-state index contributed by atoms with van der Waals surface area (Å²) in [7, 11) is 1.73. The number of rotatable bonds is 5. The number of benzene rings is 1. The number of anilines is 2. The SMILES string of the molecule is CC#CCn1c(N2CCNCC2)nc2nc(NCc3ccccc3)n(C)c(=O)c21. The highest BCUT2D eigenvalue weighted by Gasteiger charge is 2.22. The van der Waals surface area contributed by atoms with Gasteiger partial charge in [0.1, 0.15) is 0 Å². The molecule has 1 fully saturated rings. The molecule has 150 valence electrons. The van der Waals surface area contributed by atoms with E-state index in [-0.39, 0.29) is 5.56 Å². The number of hydrogen-bond acceptors (Lipinski definition) is 6. The maximum absolute atomic E-state index is 13.2. The lowest BCUT2D eigenvalue weighted by atomic mass is 10.2. The van der Waals surface area contributed by atoms with Crippen molar-refractivity contribution >= 4 is 23.1 Å². The largest absolute Gasteiger partial charge is 0.351 e. The number of hydrogen-bond donors (Lipinski definition) is 2. The van der Waals surface area contributed by atoms with Gasteiger partial charge in [-0.3, -0.25) is 13.9 Å². The molecule has 29 heavy (non-hydrogen) atoms. The number of piperazine rings is 1. The summed E-state index contributed by atoms with van der Waals surface area (Å²) < 4.78 is 3.44. The molecule has 3 heterocycles. The van der Waals surface area contributed by atoms with Crippen LogP contribution in [0, 0.1) is 11.8 Å². The van der Waals surface area contributed by atoms with Crippen LogP contribution < -0.4 is 21.1 Å². The molecule has 1 aromatic carbocycles. The minimum Gasteiger partial charge on any atom is -0.351 e. The molecule has 1 aliphatic rings. The van der Waals surface area contributed by atoms with E-state index in [9.17, 15) is 4.79 Å². The van der Waals surface area contributed by atoms with Crippen molar-refractivity contribution in [3.8, 4) is 11.8 Å². The van der Waals surface area contributed by atoms with Crippen LogP contribution in [0.25, 0.3) is 11.2 Å². The lowest BCUT2D eigenvalue weighted by Crippen LogP contribution is -2.44. The molecular weight excluding hydrogens is 366 g/mol. The summed E-state index contributed by atoms with van der Waals surface area (Å²) in [5.41, 5.74) is 1.94. The Labute approximate surface area is 169 Å². The number of nitrogens with one attached hydrogen (secondary N) is 2. The molecule has 2 N–H and O–H groups in total. The number of aromatic nitrogens is 4. The fourth-order valence-corrected chi connectivity index (χ4v) is 3.50. The van der Waals surface area contributed by atoms with Crippen LogP contribution in [-0.4, -0.2) is 45.3 Å². The molecule has 2 aromatic heterocycles. The van der Waals surface area contributed by atoms with Crippen molar-refractivity contribution in [1.29, 1.82) is 0 Å². The highest BCUT2D eigenvalue weighted by atomic mass is 16.1. The third-order valence-corrected chi connectivity index (χ3v) is 5.07. The summed E-state index contributed by atoms with van der Waals surface area (Å²) >= 11 is 0. The van der Waals surface area contributed by atoms with Crippen molar-refractivity contribution in [1.82, 2.24) is 24.4 Å². The number of imidazole rings is 1. The van der Waals surface area contributed by atoms with Gasteiger partial charge in [0.25, 0.3) is 5.56 Å². The predicted molar refractivity (Wildman–Crippen MR) is 115 cm³/mol. The fourth-order valence-electron chi connectivity index (χ4n) is 3.50. The topological polar surface area (TPSA) is 80.0 Å². The maximum Gasteiger partial charge on any atom is 0.281 e. The molecule has 0 atom stereocenters. The molecule has 1 aliphatic heterocycles. The van der Waals surface area contributed by atoms with E-state index in [4.69, 9.17) is 4.98 Å². The Morgan fingerprint density at radius 3 is 2.66 bits per heavy atom. The molecule has 3 aromatic rings. The minimum atomic E-state index is -0.127. The van der Waals surface area contributed by atoms with Gasteiger partial charge < -0.3 is 15.5 Å². The molecule has 0 aliphatic carbocycles. The van der Waals surface area contributed by atoms with Gasteiger partial charge in [-0.1, -0.05) is 36.3 Å². The quantitative estimate of drug-likeness (QED) is 0.636. The Morgan fingerprint density at radius 2 is 1.93 bits per heavy atom. The van der Waals surface area contributed by atoms with Crippen molar-refractivity contribution < 1.29 is 0 Å². The Kier molecular flexibility index (Phi) is 5.49. The van der Waals surface area contributed by atoms with E-state index in [0.717, 1.165) is 37.7 Å². The van der Waals surface area contributed by atoms with Gasteiger partial charge in [-0.2, -0.15) is 9.97 Å². The Hall–Kier alpha value is -3.31. The Bertz CT molecular complexity index is 1120. The molecule has 0 saturated carbocycles. The van der Waals surface area contributed by atoms with E-state index in [1.54, 1.807) is 18.5 Å². The normalized spacial score (nSPS) is 13.9.